The van der Waals surface area contributed by atoms with Gasteiger partial charge in [0.25, 0.3) is 11.7 Å². The topological polar surface area (TPSA) is 57.6 Å². The van der Waals surface area contributed by atoms with Gasteiger partial charge in [0.05, 0.1) is 11.6 Å². The van der Waals surface area contributed by atoms with Gasteiger partial charge in [0.1, 0.15) is 5.76 Å². The Balaban J connectivity index is 2.15. The van der Waals surface area contributed by atoms with Crippen LogP contribution >= 0.6 is 15.9 Å². The third-order valence-corrected chi connectivity index (χ3v) is 5.43. The molecular weight excluding hydrogens is 418 g/mol. The van der Waals surface area contributed by atoms with Crippen LogP contribution in [0.25, 0.3) is 5.76 Å². The minimum Gasteiger partial charge on any atom is -0.507 e. The molecule has 1 N–H and O–H groups in total. The molecule has 1 atom stereocenters. The summed E-state index contributed by atoms with van der Waals surface area (Å²) >= 11 is 3.36. The smallest absolute Gasteiger partial charge is 0.295 e. The molecule has 5 heteroatoms. The summed E-state index contributed by atoms with van der Waals surface area (Å²) in [6.45, 7) is 8.13. The van der Waals surface area contributed by atoms with E-state index >= 15 is 0 Å². The highest BCUT2D eigenvalue weighted by Gasteiger charge is 2.45. The maximum absolute atomic E-state index is 12.8. The molecule has 1 fully saturated rings. The van der Waals surface area contributed by atoms with E-state index in [0.717, 1.165) is 15.6 Å². The summed E-state index contributed by atoms with van der Waals surface area (Å²) in [5.74, 6) is -1.11. The summed E-state index contributed by atoms with van der Waals surface area (Å²) in [4.78, 5) is 26.9. The molecule has 2 aromatic rings. The second-order valence-electron chi connectivity index (χ2n) is 7.07. The van der Waals surface area contributed by atoms with Crippen LogP contribution in [0.2, 0.25) is 0 Å². The molecule has 144 valence electrons. The second kappa shape index (κ2) is 8.15. The Morgan fingerprint density at radius 1 is 1.14 bits per heavy atom. The van der Waals surface area contributed by atoms with Crippen molar-refractivity contribution in [2.24, 2.45) is 0 Å². The zero-order valence-corrected chi connectivity index (χ0v) is 17.4. The van der Waals surface area contributed by atoms with Crippen LogP contribution in [0.5, 0.6) is 0 Å². The fourth-order valence-corrected chi connectivity index (χ4v) is 3.64. The van der Waals surface area contributed by atoms with Crippen LogP contribution in [-0.4, -0.2) is 28.2 Å². The Morgan fingerprint density at radius 3 is 2.29 bits per heavy atom. The first-order valence-electron chi connectivity index (χ1n) is 9.10. The number of ketones is 1. The van der Waals surface area contributed by atoms with Crippen molar-refractivity contribution < 1.29 is 14.7 Å². The highest BCUT2D eigenvalue weighted by Crippen LogP contribution is 2.39. The van der Waals surface area contributed by atoms with Crippen LogP contribution in [0, 0.1) is 0 Å². The average molecular weight is 440 g/mol. The molecule has 3 rings (SSSR count). The van der Waals surface area contributed by atoms with Gasteiger partial charge in [-0.15, -0.1) is 6.58 Å². The van der Waals surface area contributed by atoms with Gasteiger partial charge in [-0.1, -0.05) is 72.3 Å². The van der Waals surface area contributed by atoms with Crippen molar-refractivity contribution in [1.29, 1.82) is 0 Å². The zero-order chi connectivity index (χ0) is 20.4. The number of Topliss-reactive ketones (excluding diaryl/α,β-unsaturated/α-hetero) is 1. The molecule has 1 amide bonds. The van der Waals surface area contributed by atoms with Gasteiger partial charge >= 0.3 is 0 Å². The van der Waals surface area contributed by atoms with E-state index in [1.807, 2.05) is 24.3 Å². The van der Waals surface area contributed by atoms with Crippen molar-refractivity contribution in [2.75, 3.05) is 6.54 Å². The Bertz CT molecular complexity index is 943. The van der Waals surface area contributed by atoms with E-state index in [1.54, 1.807) is 30.3 Å². The summed E-state index contributed by atoms with van der Waals surface area (Å²) in [6.07, 6.45) is 1.58. The first-order chi connectivity index (χ1) is 13.3. The highest BCUT2D eigenvalue weighted by molar-refractivity contribution is 9.10. The summed E-state index contributed by atoms with van der Waals surface area (Å²) in [7, 11) is 0. The number of likely N-dealkylation sites (tertiary alicyclic amines) is 1. The number of rotatable bonds is 5. The van der Waals surface area contributed by atoms with Crippen molar-refractivity contribution >= 4 is 33.4 Å². The van der Waals surface area contributed by atoms with E-state index in [2.05, 4.69) is 36.4 Å². The van der Waals surface area contributed by atoms with E-state index < -0.39 is 17.7 Å². The highest BCUT2D eigenvalue weighted by atomic mass is 79.9. The van der Waals surface area contributed by atoms with Crippen LogP contribution < -0.4 is 0 Å². The molecule has 0 saturated carbocycles. The molecule has 28 heavy (non-hydrogen) atoms. The van der Waals surface area contributed by atoms with Gasteiger partial charge < -0.3 is 10.0 Å². The zero-order valence-electron chi connectivity index (χ0n) is 15.9. The number of halogens is 1. The lowest BCUT2D eigenvalue weighted by atomic mass is 9.93. The quantitative estimate of drug-likeness (QED) is 0.302. The van der Waals surface area contributed by atoms with Crippen LogP contribution in [0.15, 0.2) is 71.2 Å². The summed E-state index contributed by atoms with van der Waals surface area (Å²) in [5, 5.41) is 10.9. The minimum atomic E-state index is -0.680. The number of hydrogen-bond acceptors (Lipinski definition) is 3. The second-order valence-corrected chi connectivity index (χ2v) is 7.98. The maximum atomic E-state index is 12.8. The number of amides is 1. The van der Waals surface area contributed by atoms with Crippen molar-refractivity contribution in [3.63, 3.8) is 0 Å². The molecule has 0 radical (unpaired) electrons. The van der Waals surface area contributed by atoms with Gasteiger partial charge in [0.15, 0.2) is 0 Å². The fourth-order valence-electron chi connectivity index (χ4n) is 3.38. The van der Waals surface area contributed by atoms with Gasteiger partial charge in [-0.2, -0.15) is 0 Å². The average Bonchev–Trinajstić information content (AvgIpc) is 2.93. The van der Waals surface area contributed by atoms with Crippen LogP contribution in [0.3, 0.4) is 0 Å². The SMILES string of the molecule is C=CCN1C(=O)C(=O)/C(=C(/O)c2ccc(Br)cc2)[C@H]1c1ccc(C(C)C)cc1. The van der Waals surface area contributed by atoms with Gasteiger partial charge in [0.2, 0.25) is 0 Å². The first-order valence-corrected chi connectivity index (χ1v) is 9.89. The summed E-state index contributed by atoms with van der Waals surface area (Å²) in [5.41, 5.74) is 2.54. The van der Waals surface area contributed by atoms with E-state index in [4.69, 9.17) is 0 Å². The van der Waals surface area contributed by atoms with E-state index in [0.29, 0.717) is 11.5 Å². The van der Waals surface area contributed by atoms with Gasteiger partial charge in [-0.25, -0.2) is 0 Å². The number of nitrogens with zero attached hydrogens (tertiary/aromatic N) is 1. The molecule has 0 bridgehead atoms. The number of aliphatic hydroxyl groups is 1. The van der Waals surface area contributed by atoms with Crippen molar-refractivity contribution in [2.45, 2.75) is 25.8 Å². The molecule has 0 aliphatic carbocycles. The third-order valence-electron chi connectivity index (χ3n) is 4.90. The van der Waals surface area contributed by atoms with Crippen molar-refractivity contribution in [3.05, 3.63) is 87.9 Å². The number of carbonyl (C=O) groups excluding carboxylic acids is 2. The number of aliphatic hydroxyl groups excluding tert-OH is 1. The predicted molar refractivity (Wildman–Crippen MR) is 114 cm³/mol. The van der Waals surface area contributed by atoms with Crippen molar-refractivity contribution in [3.8, 4) is 0 Å². The molecule has 1 saturated heterocycles. The molecule has 1 heterocycles. The van der Waals surface area contributed by atoms with Gasteiger partial charge in [0, 0.05) is 16.6 Å². The van der Waals surface area contributed by atoms with Crippen molar-refractivity contribution in [1.82, 2.24) is 4.90 Å². The Kier molecular flexibility index (Phi) is 5.84. The first kappa shape index (κ1) is 20.1. The van der Waals surface area contributed by atoms with Crippen LogP contribution in [0.4, 0.5) is 0 Å². The maximum Gasteiger partial charge on any atom is 0.295 e. The lowest BCUT2D eigenvalue weighted by molar-refractivity contribution is -0.139. The molecular formula is C23H22BrNO3. The number of hydrogen-bond donors (Lipinski definition) is 1. The largest absolute Gasteiger partial charge is 0.507 e. The van der Waals surface area contributed by atoms with Gasteiger partial charge in [-0.05, 0) is 29.2 Å². The van der Waals surface area contributed by atoms with Gasteiger partial charge in [-0.3, -0.25) is 9.59 Å². The van der Waals surface area contributed by atoms with E-state index in [9.17, 15) is 14.7 Å². The molecule has 2 aromatic carbocycles. The lowest BCUT2D eigenvalue weighted by Gasteiger charge is -2.24. The standard InChI is InChI=1S/C23H22BrNO3/c1-4-13-25-20(16-7-5-15(6-8-16)14(2)3)19(22(27)23(25)28)21(26)17-9-11-18(24)12-10-17/h4-12,14,20,26H,1,13H2,2-3H3/b21-19+/t20-/m1/s1. The molecule has 4 nitrogen and oxygen atoms in total. The van der Waals surface area contributed by atoms with E-state index in [-0.39, 0.29) is 17.9 Å². The monoisotopic (exact) mass is 439 g/mol. The minimum absolute atomic E-state index is 0.103. The van der Waals surface area contributed by atoms with Crippen LogP contribution in [-0.2, 0) is 9.59 Å². The molecule has 0 unspecified atom stereocenters. The third kappa shape index (κ3) is 3.67. The number of carbonyl (C=O) groups is 2. The Hall–Kier alpha value is -2.66. The Morgan fingerprint density at radius 2 is 1.75 bits per heavy atom. The molecule has 1 aliphatic rings. The predicted octanol–water partition coefficient (Wildman–Crippen LogP) is 5.18. The van der Waals surface area contributed by atoms with Crippen LogP contribution in [0.1, 0.15) is 42.5 Å². The summed E-state index contributed by atoms with van der Waals surface area (Å²) < 4.78 is 0.858. The molecule has 1 aliphatic heterocycles. The Labute approximate surface area is 173 Å². The molecule has 0 spiro atoms. The lowest BCUT2D eigenvalue weighted by Crippen LogP contribution is -2.29. The van der Waals surface area contributed by atoms with E-state index in [1.165, 1.54) is 4.90 Å². The summed E-state index contributed by atoms with van der Waals surface area (Å²) in [6, 6.07) is 14.1. The number of benzene rings is 2. The fraction of sp³-hybridized carbons (Fsp3) is 0.217. The normalized spacial score (nSPS) is 18.7. The molecule has 0 aromatic heterocycles.